The molecular weight excluding hydrogens is 332 g/mol. The van der Waals surface area contributed by atoms with Gasteiger partial charge in [0.2, 0.25) is 5.91 Å². The molecular formula is C16H15BrN2O2. The summed E-state index contributed by atoms with van der Waals surface area (Å²) >= 11 is 3.48. The predicted octanol–water partition coefficient (Wildman–Crippen LogP) is 3.62. The number of carbonyl (C=O) groups is 1. The van der Waals surface area contributed by atoms with Gasteiger partial charge in [0.25, 0.3) is 0 Å². The topological polar surface area (TPSA) is 51.2 Å². The molecule has 1 aromatic heterocycles. The van der Waals surface area contributed by atoms with Crippen LogP contribution in [0.15, 0.2) is 34.9 Å². The summed E-state index contributed by atoms with van der Waals surface area (Å²) in [6.45, 7) is 2.37. The van der Waals surface area contributed by atoms with Gasteiger partial charge in [0.15, 0.2) is 0 Å². The lowest BCUT2D eigenvalue weighted by Crippen LogP contribution is -2.20. The monoisotopic (exact) mass is 346 g/mol. The zero-order chi connectivity index (χ0) is 14.8. The largest absolute Gasteiger partial charge is 0.485 e. The van der Waals surface area contributed by atoms with Gasteiger partial charge >= 0.3 is 0 Å². The Balaban J connectivity index is 1.83. The third-order valence-corrected chi connectivity index (χ3v) is 3.84. The molecule has 5 heteroatoms. The van der Waals surface area contributed by atoms with E-state index in [1.54, 1.807) is 0 Å². The highest BCUT2D eigenvalue weighted by atomic mass is 79.9. The van der Waals surface area contributed by atoms with E-state index in [4.69, 9.17) is 4.74 Å². The van der Waals surface area contributed by atoms with E-state index in [0.717, 1.165) is 33.4 Å². The quantitative estimate of drug-likeness (QED) is 0.923. The molecule has 0 bridgehead atoms. The summed E-state index contributed by atoms with van der Waals surface area (Å²) < 4.78 is 6.80. The maximum absolute atomic E-state index is 11.6. The lowest BCUT2D eigenvalue weighted by atomic mass is 10.0. The van der Waals surface area contributed by atoms with E-state index in [1.807, 2.05) is 37.4 Å². The molecule has 0 atom stereocenters. The maximum Gasteiger partial charge on any atom is 0.224 e. The van der Waals surface area contributed by atoms with Gasteiger partial charge in [-0.05, 0) is 42.7 Å². The molecule has 3 rings (SSSR count). The molecule has 1 aliphatic rings. The third kappa shape index (κ3) is 3.24. The zero-order valence-corrected chi connectivity index (χ0v) is 13.2. The van der Waals surface area contributed by atoms with Crippen molar-refractivity contribution < 1.29 is 9.53 Å². The molecule has 0 radical (unpaired) electrons. The number of anilines is 1. The first-order valence-corrected chi connectivity index (χ1v) is 7.58. The summed E-state index contributed by atoms with van der Waals surface area (Å²) in [4.78, 5) is 15.9. The first kappa shape index (κ1) is 14.1. The van der Waals surface area contributed by atoms with Crippen LogP contribution in [-0.4, -0.2) is 10.9 Å². The van der Waals surface area contributed by atoms with Crippen LogP contribution in [0.1, 0.15) is 23.2 Å². The second-order valence-electron chi connectivity index (χ2n) is 5.10. The number of fused-ring (bicyclic) bond motifs is 1. The molecule has 0 aliphatic carbocycles. The van der Waals surface area contributed by atoms with E-state index >= 15 is 0 Å². The average molecular weight is 347 g/mol. The number of carbonyl (C=O) groups excluding carboxylic acids is 1. The molecule has 0 unspecified atom stereocenters. The minimum absolute atomic E-state index is 0.0307. The van der Waals surface area contributed by atoms with Crippen LogP contribution in [-0.2, 0) is 17.8 Å². The number of hydrogen-bond donors (Lipinski definition) is 1. The van der Waals surface area contributed by atoms with Crippen LogP contribution in [0, 0.1) is 6.92 Å². The Kier molecular flexibility index (Phi) is 3.92. The minimum atomic E-state index is 0.0307. The highest BCUT2D eigenvalue weighted by molar-refractivity contribution is 9.10. The Morgan fingerprint density at radius 3 is 2.95 bits per heavy atom. The molecule has 1 amide bonds. The van der Waals surface area contributed by atoms with E-state index in [-0.39, 0.29) is 5.91 Å². The Morgan fingerprint density at radius 1 is 1.33 bits per heavy atom. The van der Waals surface area contributed by atoms with Crippen LogP contribution >= 0.6 is 15.9 Å². The molecule has 0 fully saturated rings. The van der Waals surface area contributed by atoms with Crippen molar-refractivity contribution in [1.82, 2.24) is 4.98 Å². The molecule has 21 heavy (non-hydrogen) atoms. The highest BCUT2D eigenvalue weighted by Gasteiger charge is 2.19. The van der Waals surface area contributed by atoms with Crippen LogP contribution in [0.2, 0.25) is 0 Å². The number of hydrogen-bond acceptors (Lipinski definition) is 3. The number of benzene rings is 1. The number of aryl methyl sites for hydroxylation is 2. The number of nitrogens with one attached hydrogen (secondary N) is 1. The van der Waals surface area contributed by atoms with Gasteiger partial charge < -0.3 is 10.1 Å². The minimum Gasteiger partial charge on any atom is -0.485 e. The first-order valence-electron chi connectivity index (χ1n) is 6.78. The first-order chi connectivity index (χ1) is 10.1. The Morgan fingerprint density at radius 2 is 2.19 bits per heavy atom. The maximum atomic E-state index is 11.6. The van der Waals surface area contributed by atoms with Gasteiger partial charge in [-0.2, -0.15) is 0 Å². The van der Waals surface area contributed by atoms with Crippen molar-refractivity contribution in [3.05, 3.63) is 51.8 Å². The average Bonchev–Trinajstić information content (AvgIpc) is 2.47. The molecule has 0 saturated heterocycles. The predicted molar refractivity (Wildman–Crippen MR) is 84.4 cm³/mol. The number of rotatable bonds is 3. The summed E-state index contributed by atoms with van der Waals surface area (Å²) in [6.07, 6.45) is 3.07. The third-order valence-electron chi connectivity index (χ3n) is 3.38. The number of nitrogens with zero attached hydrogens (tertiary/aromatic N) is 1. The summed E-state index contributed by atoms with van der Waals surface area (Å²) in [5.41, 5.74) is 3.85. The second kappa shape index (κ2) is 5.85. The molecule has 4 nitrogen and oxygen atoms in total. The van der Waals surface area contributed by atoms with Crippen LogP contribution in [0.5, 0.6) is 5.75 Å². The van der Waals surface area contributed by atoms with Gasteiger partial charge in [0, 0.05) is 17.1 Å². The highest BCUT2D eigenvalue weighted by Crippen LogP contribution is 2.36. The Labute approximate surface area is 131 Å². The Hall–Kier alpha value is -1.88. The normalized spacial score (nSPS) is 13.5. The van der Waals surface area contributed by atoms with Gasteiger partial charge in [0.1, 0.15) is 12.4 Å². The van der Waals surface area contributed by atoms with Crippen LogP contribution in [0.3, 0.4) is 0 Å². The van der Waals surface area contributed by atoms with Gasteiger partial charge in [-0.3, -0.25) is 9.78 Å². The number of amides is 1. The molecule has 1 aliphatic heterocycles. The lowest BCUT2D eigenvalue weighted by molar-refractivity contribution is -0.116. The lowest BCUT2D eigenvalue weighted by Gasteiger charge is -2.20. The molecule has 1 aromatic carbocycles. The van der Waals surface area contributed by atoms with E-state index in [1.165, 1.54) is 0 Å². The molecule has 1 N–H and O–H groups in total. The number of aromatic nitrogens is 1. The zero-order valence-electron chi connectivity index (χ0n) is 11.6. The van der Waals surface area contributed by atoms with Crippen molar-refractivity contribution >= 4 is 27.5 Å². The number of ether oxygens (including phenoxy) is 1. The number of halogens is 1. The SMILES string of the molecule is Cc1ccc(COc2cc(Br)cc3c2NC(=O)CC3)nc1. The van der Waals surface area contributed by atoms with Crippen LogP contribution in [0.4, 0.5) is 5.69 Å². The van der Waals surface area contributed by atoms with E-state index in [2.05, 4.69) is 26.2 Å². The fourth-order valence-electron chi connectivity index (χ4n) is 2.27. The van der Waals surface area contributed by atoms with Gasteiger partial charge in [0.05, 0.1) is 11.4 Å². The van der Waals surface area contributed by atoms with Crippen LogP contribution < -0.4 is 10.1 Å². The summed E-state index contributed by atoms with van der Waals surface area (Å²) in [5.74, 6) is 0.706. The van der Waals surface area contributed by atoms with Crippen molar-refractivity contribution in [1.29, 1.82) is 0 Å². The fourth-order valence-corrected chi connectivity index (χ4v) is 2.76. The fraction of sp³-hybridized carbons (Fsp3) is 0.250. The summed E-state index contributed by atoms with van der Waals surface area (Å²) in [6, 6.07) is 7.84. The van der Waals surface area contributed by atoms with Crippen LogP contribution in [0.25, 0.3) is 0 Å². The van der Waals surface area contributed by atoms with Gasteiger partial charge in [-0.25, -0.2) is 0 Å². The van der Waals surface area contributed by atoms with E-state index in [0.29, 0.717) is 18.8 Å². The van der Waals surface area contributed by atoms with E-state index in [9.17, 15) is 4.79 Å². The second-order valence-corrected chi connectivity index (χ2v) is 6.02. The smallest absolute Gasteiger partial charge is 0.224 e. The number of pyridine rings is 1. The van der Waals surface area contributed by atoms with Crippen molar-refractivity contribution in [3.63, 3.8) is 0 Å². The Bertz CT molecular complexity index is 683. The molecule has 108 valence electrons. The standard InChI is InChI=1S/C16H15BrN2O2/c1-10-2-4-13(18-8-10)9-21-14-7-12(17)6-11-3-5-15(20)19-16(11)14/h2,4,6-8H,3,5,9H2,1H3,(H,19,20). The summed E-state index contributed by atoms with van der Waals surface area (Å²) in [7, 11) is 0. The van der Waals surface area contributed by atoms with Crippen molar-refractivity contribution in [3.8, 4) is 5.75 Å². The van der Waals surface area contributed by atoms with Crippen molar-refractivity contribution in [2.45, 2.75) is 26.4 Å². The molecule has 2 heterocycles. The van der Waals surface area contributed by atoms with Crippen molar-refractivity contribution in [2.75, 3.05) is 5.32 Å². The summed E-state index contributed by atoms with van der Waals surface area (Å²) in [5, 5.41) is 2.90. The van der Waals surface area contributed by atoms with Crippen molar-refractivity contribution in [2.24, 2.45) is 0 Å². The molecule has 0 saturated carbocycles. The van der Waals surface area contributed by atoms with Gasteiger partial charge in [-0.1, -0.05) is 22.0 Å². The molecule has 2 aromatic rings. The van der Waals surface area contributed by atoms with E-state index < -0.39 is 0 Å². The molecule has 0 spiro atoms. The van der Waals surface area contributed by atoms with Gasteiger partial charge in [-0.15, -0.1) is 0 Å².